The molecule has 3 heteroatoms. The van der Waals surface area contributed by atoms with Crippen molar-refractivity contribution in [2.45, 2.75) is 6.92 Å². The zero-order valence-corrected chi connectivity index (χ0v) is 10.7. The SMILES string of the molecule is CCN(C)CCN(C)c1ccccc1OC. The smallest absolute Gasteiger partial charge is 0.142 e. The largest absolute Gasteiger partial charge is 0.495 e. The molecule has 0 bridgehead atoms. The molecular formula is C13H22N2O. The van der Waals surface area contributed by atoms with Gasteiger partial charge in [-0.2, -0.15) is 0 Å². The highest BCUT2D eigenvalue weighted by Gasteiger charge is 2.07. The number of anilines is 1. The topological polar surface area (TPSA) is 15.7 Å². The van der Waals surface area contributed by atoms with Gasteiger partial charge in [0.1, 0.15) is 5.75 Å². The molecule has 0 amide bonds. The Morgan fingerprint density at radius 1 is 1.12 bits per heavy atom. The van der Waals surface area contributed by atoms with Crippen molar-refractivity contribution in [2.75, 3.05) is 45.7 Å². The molecule has 0 N–H and O–H groups in total. The third-order valence-corrected chi connectivity index (χ3v) is 2.85. The summed E-state index contributed by atoms with van der Waals surface area (Å²) in [5.41, 5.74) is 1.15. The van der Waals surface area contributed by atoms with E-state index in [1.807, 2.05) is 18.2 Å². The van der Waals surface area contributed by atoms with E-state index in [9.17, 15) is 0 Å². The number of likely N-dealkylation sites (N-methyl/N-ethyl adjacent to an activating group) is 2. The van der Waals surface area contributed by atoms with Crippen molar-refractivity contribution in [3.8, 4) is 5.75 Å². The summed E-state index contributed by atoms with van der Waals surface area (Å²) < 4.78 is 5.34. The average molecular weight is 222 g/mol. The Morgan fingerprint density at radius 3 is 2.44 bits per heavy atom. The molecule has 16 heavy (non-hydrogen) atoms. The van der Waals surface area contributed by atoms with Crippen LogP contribution in [0.2, 0.25) is 0 Å². The van der Waals surface area contributed by atoms with Crippen LogP contribution in [0.3, 0.4) is 0 Å². The Labute approximate surface area is 98.6 Å². The fourth-order valence-corrected chi connectivity index (χ4v) is 1.54. The summed E-state index contributed by atoms with van der Waals surface area (Å²) in [4.78, 5) is 4.52. The summed E-state index contributed by atoms with van der Waals surface area (Å²) >= 11 is 0. The Balaban J connectivity index is 2.61. The van der Waals surface area contributed by atoms with Crippen molar-refractivity contribution in [1.29, 1.82) is 0 Å². The Kier molecular flexibility index (Phi) is 5.12. The first-order chi connectivity index (χ1) is 7.69. The van der Waals surface area contributed by atoms with E-state index in [1.54, 1.807) is 7.11 Å². The first-order valence-corrected chi connectivity index (χ1v) is 5.71. The maximum Gasteiger partial charge on any atom is 0.142 e. The van der Waals surface area contributed by atoms with Crippen molar-refractivity contribution in [1.82, 2.24) is 4.90 Å². The van der Waals surface area contributed by atoms with Gasteiger partial charge < -0.3 is 14.5 Å². The lowest BCUT2D eigenvalue weighted by Gasteiger charge is -2.24. The van der Waals surface area contributed by atoms with Gasteiger partial charge >= 0.3 is 0 Å². The number of para-hydroxylation sites is 2. The summed E-state index contributed by atoms with van der Waals surface area (Å²) in [7, 11) is 5.95. The van der Waals surface area contributed by atoms with E-state index >= 15 is 0 Å². The van der Waals surface area contributed by atoms with Gasteiger partial charge in [0, 0.05) is 20.1 Å². The summed E-state index contributed by atoms with van der Waals surface area (Å²) in [6.07, 6.45) is 0. The predicted octanol–water partition coefficient (Wildman–Crippen LogP) is 2.08. The van der Waals surface area contributed by atoms with Crippen molar-refractivity contribution in [3.05, 3.63) is 24.3 Å². The van der Waals surface area contributed by atoms with Gasteiger partial charge in [0.05, 0.1) is 12.8 Å². The molecule has 0 fully saturated rings. The van der Waals surface area contributed by atoms with E-state index in [0.29, 0.717) is 0 Å². The van der Waals surface area contributed by atoms with Crippen molar-refractivity contribution in [2.24, 2.45) is 0 Å². The van der Waals surface area contributed by atoms with E-state index in [4.69, 9.17) is 4.74 Å². The Hall–Kier alpha value is -1.22. The fourth-order valence-electron chi connectivity index (χ4n) is 1.54. The Morgan fingerprint density at radius 2 is 1.81 bits per heavy atom. The monoisotopic (exact) mass is 222 g/mol. The third kappa shape index (κ3) is 3.42. The number of methoxy groups -OCH3 is 1. The normalized spacial score (nSPS) is 10.6. The summed E-state index contributed by atoms with van der Waals surface area (Å²) in [6, 6.07) is 8.12. The van der Waals surface area contributed by atoms with Crippen LogP contribution in [0, 0.1) is 0 Å². The molecular weight excluding hydrogens is 200 g/mol. The molecule has 1 aromatic rings. The van der Waals surface area contributed by atoms with E-state index in [-0.39, 0.29) is 0 Å². The maximum atomic E-state index is 5.34. The van der Waals surface area contributed by atoms with Crippen LogP contribution in [-0.4, -0.2) is 45.7 Å². The number of nitrogens with zero attached hydrogens (tertiary/aromatic N) is 2. The van der Waals surface area contributed by atoms with Crippen LogP contribution in [0.15, 0.2) is 24.3 Å². The standard InChI is InChI=1S/C13H22N2O/c1-5-14(2)10-11-15(3)12-8-6-7-9-13(12)16-4/h6-9H,5,10-11H2,1-4H3. The zero-order valence-electron chi connectivity index (χ0n) is 10.7. The number of ether oxygens (including phenoxy) is 1. The molecule has 0 saturated carbocycles. The van der Waals surface area contributed by atoms with Crippen LogP contribution in [-0.2, 0) is 0 Å². The first kappa shape index (κ1) is 12.8. The van der Waals surface area contributed by atoms with Gasteiger partial charge in [-0.1, -0.05) is 19.1 Å². The molecule has 0 atom stereocenters. The lowest BCUT2D eigenvalue weighted by molar-refractivity contribution is 0.359. The summed E-state index contributed by atoms with van der Waals surface area (Å²) in [5.74, 6) is 0.934. The second-order valence-electron chi connectivity index (χ2n) is 3.99. The molecule has 0 aliphatic heterocycles. The molecule has 0 aliphatic rings. The van der Waals surface area contributed by atoms with E-state index < -0.39 is 0 Å². The van der Waals surface area contributed by atoms with Gasteiger partial charge in [0.2, 0.25) is 0 Å². The molecule has 0 aliphatic carbocycles. The summed E-state index contributed by atoms with van der Waals surface area (Å²) in [5, 5.41) is 0. The minimum atomic E-state index is 0.934. The average Bonchev–Trinajstić information content (AvgIpc) is 2.35. The van der Waals surface area contributed by atoms with E-state index in [2.05, 4.69) is 36.9 Å². The number of benzene rings is 1. The lowest BCUT2D eigenvalue weighted by atomic mass is 10.2. The molecule has 0 spiro atoms. The van der Waals surface area contributed by atoms with Crippen LogP contribution in [0.5, 0.6) is 5.75 Å². The van der Waals surface area contributed by atoms with Crippen LogP contribution < -0.4 is 9.64 Å². The molecule has 1 aromatic carbocycles. The second-order valence-corrected chi connectivity index (χ2v) is 3.99. The molecule has 0 radical (unpaired) electrons. The lowest BCUT2D eigenvalue weighted by Crippen LogP contribution is -2.30. The maximum absolute atomic E-state index is 5.34. The van der Waals surface area contributed by atoms with Crippen LogP contribution in [0.25, 0.3) is 0 Å². The highest BCUT2D eigenvalue weighted by Crippen LogP contribution is 2.26. The van der Waals surface area contributed by atoms with Crippen molar-refractivity contribution in [3.63, 3.8) is 0 Å². The van der Waals surface area contributed by atoms with E-state index in [0.717, 1.165) is 31.1 Å². The number of rotatable bonds is 6. The van der Waals surface area contributed by atoms with E-state index in [1.165, 1.54) is 0 Å². The molecule has 90 valence electrons. The summed E-state index contributed by atoms with van der Waals surface area (Å²) in [6.45, 7) is 5.32. The highest BCUT2D eigenvalue weighted by molar-refractivity contribution is 5.57. The molecule has 1 rings (SSSR count). The minimum absolute atomic E-state index is 0.934. The van der Waals surface area contributed by atoms with Crippen LogP contribution >= 0.6 is 0 Å². The molecule has 0 heterocycles. The number of hydrogen-bond donors (Lipinski definition) is 0. The minimum Gasteiger partial charge on any atom is -0.495 e. The van der Waals surface area contributed by atoms with Crippen molar-refractivity contribution >= 4 is 5.69 Å². The Bertz CT molecular complexity index is 315. The van der Waals surface area contributed by atoms with Gasteiger partial charge in [0.25, 0.3) is 0 Å². The quantitative estimate of drug-likeness (QED) is 0.733. The van der Waals surface area contributed by atoms with Crippen molar-refractivity contribution < 1.29 is 4.74 Å². The fraction of sp³-hybridized carbons (Fsp3) is 0.538. The predicted molar refractivity (Wildman–Crippen MR) is 69.4 cm³/mol. The molecule has 0 saturated heterocycles. The van der Waals surface area contributed by atoms with Crippen LogP contribution in [0.1, 0.15) is 6.92 Å². The zero-order chi connectivity index (χ0) is 12.0. The van der Waals surface area contributed by atoms with Gasteiger partial charge in [-0.15, -0.1) is 0 Å². The third-order valence-electron chi connectivity index (χ3n) is 2.85. The van der Waals surface area contributed by atoms with Gasteiger partial charge in [0.15, 0.2) is 0 Å². The second kappa shape index (κ2) is 6.38. The molecule has 0 aromatic heterocycles. The van der Waals surface area contributed by atoms with Crippen LogP contribution in [0.4, 0.5) is 5.69 Å². The van der Waals surface area contributed by atoms with Gasteiger partial charge in [-0.25, -0.2) is 0 Å². The van der Waals surface area contributed by atoms with Gasteiger partial charge in [-0.05, 0) is 25.7 Å². The first-order valence-electron chi connectivity index (χ1n) is 5.71. The highest BCUT2D eigenvalue weighted by atomic mass is 16.5. The van der Waals surface area contributed by atoms with Gasteiger partial charge in [-0.3, -0.25) is 0 Å². The molecule has 0 unspecified atom stereocenters. The number of hydrogen-bond acceptors (Lipinski definition) is 3. The molecule has 3 nitrogen and oxygen atoms in total.